The molecule has 24 heavy (non-hydrogen) atoms. The van der Waals surface area contributed by atoms with Crippen molar-refractivity contribution in [2.75, 3.05) is 5.32 Å². The van der Waals surface area contributed by atoms with Gasteiger partial charge in [-0.25, -0.2) is 0 Å². The van der Waals surface area contributed by atoms with Gasteiger partial charge in [0, 0.05) is 16.1 Å². The third-order valence-electron chi connectivity index (χ3n) is 2.84. The number of nitrogens with two attached hydrogens (primary N) is 1. The Kier molecular flexibility index (Phi) is 5.40. The zero-order valence-electron chi connectivity index (χ0n) is 11.9. The van der Waals surface area contributed by atoms with Crippen molar-refractivity contribution < 1.29 is 22.8 Å². The van der Waals surface area contributed by atoms with E-state index < -0.39 is 17.3 Å². The second-order valence-corrected chi connectivity index (χ2v) is 6.13. The minimum Gasteiger partial charge on any atom is -0.366 e. The number of hydrogen-bond acceptors (Lipinski definition) is 3. The first-order valence-electron chi connectivity index (χ1n) is 6.42. The number of carbonyl (C=O) groups is 2. The summed E-state index contributed by atoms with van der Waals surface area (Å²) in [5.41, 5.74) is 1.27. The maximum absolute atomic E-state index is 12.3. The van der Waals surface area contributed by atoms with Crippen LogP contribution >= 0.6 is 23.4 Å². The molecular weight excluding hydrogens is 365 g/mol. The molecule has 0 spiro atoms. The number of primary amides is 1. The van der Waals surface area contributed by atoms with Gasteiger partial charge in [0.15, 0.2) is 0 Å². The van der Waals surface area contributed by atoms with Gasteiger partial charge in [-0.2, -0.15) is 13.2 Å². The standard InChI is InChI=1S/C15H10ClF3N2O2S/c16-12-6-3-9(7-11(12)13(20)22)21-14(23)8-1-4-10(5-2-8)24-15(17,18)19/h1-7H,(H2,20,22)(H,21,23). The van der Waals surface area contributed by atoms with Gasteiger partial charge in [-0.3, -0.25) is 9.59 Å². The monoisotopic (exact) mass is 374 g/mol. The van der Waals surface area contributed by atoms with Crippen LogP contribution in [0.5, 0.6) is 0 Å². The highest BCUT2D eigenvalue weighted by Gasteiger charge is 2.29. The largest absolute Gasteiger partial charge is 0.446 e. The van der Waals surface area contributed by atoms with Crippen molar-refractivity contribution in [3.63, 3.8) is 0 Å². The van der Waals surface area contributed by atoms with Crippen LogP contribution in [0, 0.1) is 0 Å². The van der Waals surface area contributed by atoms with Crippen LogP contribution in [0.1, 0.15) is 20.7 Å². The molecule has 0 fully saturated rings. The number of alkyl halides is 3. The average Bonchev–Trinajstić information content (AvgIpc) is 2.48. The van der Waals surface area contributed by atoms with E-state index in [1.165, 1.54) is 42.5 Å². The molecule has 0 unspecified atom stereocenters. The van der Waals surface area contributed by atoms with E-state index in [0.717, 1.165) is 0 Å². The predicted molar refractivity (Wildman–Crippen MR) is 86.3 cm³/mol. The topological polar surface area (TPSA) is 72.2 Å². The maximum atomic E-state index is 12.3. The third-order valence-corrected chi connectivity index (χ3v) is 3.91. The Labute approximate surface area is 144 Å². The number of anilines is 1. The van der Waals surface area contributed by atoms with Gasteiger partial charge in [-0.1, -0.05) is 11.6 Å². The van der Waals surface area contributed by atoms with Crippen molar-refractivity contribution in [1.29, 1.82) is 0 Å². The summed E-state index contributed by atoms with van der Waals surface area (Å²) in [6.07, 6.45) is 0. The van der Waals surface area contributed by atoms with Gasteiger partial charge in [-0.15, -0.1) is 0 Å². The lowest BCUT2D eigenvalue weighted by atomic mass is 10.1. The Morgan fingerprint density at radius 2 is 1.71 bits per heavy atom. The molecule has 0 radical (unpaired) electrons. The first-order chi connectivity index (χ1) is 11.2. The quantitative estimate of drug-likeness (QED) is 0.783. The number of halogens is 4. The van der Waals surface area contributed by atoms with Crippen LogP contribution in [0.15, 0.2) is 47.4 Å². The molecule has 0 aliphatic rings. The minimum absolute atomic E-state index is 0.0263. The van der Waals surface area contributed by atoms with Crippen molar-refractivity contribution in [1.82, 2.24) is 0 Å². The molecule has 0 aliphatic carbocycles. The highest BCUT2D eigenvalue weighted by Crippen LogP contribution is 2.36. The van der Waals surface area contributed by atoms with Crippen LogP contribution in [0.2, 0.25) is 5.02 Å². The number of nitrogens with one attached hydrogen (secondary N) is 1. The van der Waals surface area contributed by atoms with Crippen LogP contribution in [0.3, 0.4) is 0 Å². The molecule has 0 bridgehead atoms. The number of hydrogen-bond donors (Lipinski definition) is 2. The van der Waals surface area contributed by atoms with Gasteiger partial charge in [0.1, 0.15) is 0 Å². The van der Waals surface area contributed by atoms with E-state index in [9.17, 15) is 22.8 Å². The summed E-state index contributed by atoms with van der Waals surface area (Å²) in [6.45, 7) is 0. The molecule has 0 aromatic heterocycles. The Balaban J connectivity index is 2.13. The van der Waals surface area contributed by atoms with E-state index in [0.29, 0.717) is 0 Å². The fraction of sp³-hybridized carbons (Fsp3) is 0.0667. The van der Waals surface area contributed by atoms with Gasteiger partial charge in [0.2, 0.25) is 5.91 Å². The number of amides is 2. The maximum Gasteiger partial charge on any atom is 0.446 e. The van der Waals surface area contributed by atoms with E-state index in [1.54, 1.807) is 0 Å². The summed E-state index contributed by atoms with van der Waals surface area (Å²) in [4.78, 5) is 23.3. The van der Waals surface area contributed by atoms with E-state index >= 15 is 0 Å². The lowest BCUT2D eigenvalue weighted by Crippen LogP contribution is -2.15. The number of thioether (sulfide) groups is 1. The second-order valence-electron chi connectivity index (χ2n) is 4.59. The molecule has 3 N–H and O–H groups in total. The van der Waals surface area contributed by atoms with Gasteiger partial charge in [0.05, 0.1) is 10.6 Å². The van der Waals surface area contributed by atoms with E-state index in [-0.39, 0.29) is 38.5 Å². The molecule has 0 saturated carbocycles. The molecule has 9 heteroatoms. The van der Waals surface area contributed by atoms with E-state index in [4.69, 9.17) is 17.3 Å². The first kappa shape index (κ1) is 18.2. The molecule has 0 heterocycles. The van der Waals surface area contributed by atoms with Crippen LogP contribution in [0.25, 0.3) is 0 Å². The Bertz CT molecular complexity index is 779. The van der Waals surface area contributed by atoms with Crippen LogP contribution in [0.4, 0.5) is 18.9 Å². The lowest BCUT2D eigenvalue weighted by Gasteiger charge is -2.09. The Morgan fingerprint density at radius 1 is 1.08 bits per heavy atom. The van der Waals surface area contributed by atoms with Crippen molar-refractivity contribution in [2.24, 2.45) is 5.73 Å². The highest BCUT2D eigenvalue weighted by molar-refractivity contribution is 8.00. The fourth-order valence-electron chi connectivity index (χ4n) is 1.80. The van der Waals surface area contributed by atoms with Crippen molar-refractivity contribution >= 4 is 40.9 Å². The van der Waals surface area contributed by atoms with Gasteiger partial charge in [-0.05, 0) is 54.2 Å². The third kappa shape index (κ3) is 4.90. The number of benzene rings is 2. The summed E-state index contributed by atoms with van der Waals surface area (Å²) >= 11 is 5.54. The summed E-state index contributed by atoms with van der Waals surface area (Å²) in [5, 5.41) is 2.66. The summed E-state index contributed by atoms with van der Waals surface area (Å²) < 4.78 is 36.8. The number of carbonyl (C=O) groups excluding carboxylic acids is 2. The molecule has 2 amide bonds. The highest BCUT2D eigenvalue weighted by atomic mass is 35.5. The second kappa shape index (κ2) is 7.14. The molecular formula is C15H10ClF3N2O2S. The van der Waals surface area contributed by atoms with Crippen molar-refractivity contribution in [2.45, 2.75) is 10.4 Å². The molecule has 2 rings (SSSR count). The molecule has 0 atom stereocenters. The van der Waals surface area contributed by atoms with E-state index in [2.05, 4.69) is 5.32 Å². The van der Waals surface area contributed by atoms with Gasteiger partial charge < -0.3 is 11.1 Å². The molecule has 126 valence electrons. The summed E-state index contributed by atoms with van der Waals surface area (Å²) in [7, 11) is 0. The zero-order chi connectivity index (χ0) is 17.9. The van der Waals surface area contributed by atoms with Gasteiger partial charge in [0.25, 0.3) is 5.91 Å². The smallest absolute Gasteiger partial charge is 0.366 e. The lowest BCUT2D eigenvalue weighted by molar-refractivity contribution is -0.0328. The Hall–Kier alpha value is -2.19. The van der Waals surface area contributed by atoms with Crippen LogP contribution in [-0.4, -0.2) is 17.3 Å². The normalized spacial score (nSPS) is 11.2. The molecule has 0 aliphatic heterocycles. The Morgan fingerprint density at radius 3 is 2.25 bits per heavy atom. The molecule has 0 saturated heterocycles. The van der Waals surface area contributed by atoms with Crippen LogP contribution < -0.4 is 11.1 Å². The molecule has 2 aromatic carbocycles. The van der Waals surface area contributed by atoms with E-state index in [1.807, 2.05) is 0 Å². The van der Waals surface area contributed by atoms with Crippen molar-refractivity contribution in [3.05, 3.63) is 58.6 Å². The zero-order valence-corrected chi connectivity index (χ0v) is 13.4. The summed E-state index contributed by atoms with van der Waals surface area (Å²) in [6, 6.07) is 9.13. The molecule has 2 aromatic rings. The fourth-order valence-corrected chi connectivity index (χ4v) is 2.55. The molecule has 4 nitrogen and oxygen atoms in total. The average molecular weight is 375 g/mol. The summed E-state index contributed by atoms with van der Waals surface area (Å²) in [5.74, 6) is -1.29. The van der Waals surface area contributed by atoms with Crippen LogP contribution in [-0.2, 0) is 0 Å². The predicted octanol–water partition coefficient (Wildman–Crippen LogP) is 4.30. The van der Waals surface area contributed by atoms with Crippen molar-refractivity contribution in [3.8, 4) is 0 Å². The SMILES string of the molecule is NC(=O)c1cc(NC(=O)c2ccc(SC(F)(F)F)cc2)ccc1Cl. The van der Waals surface area contributed by atoms with Gasteiger partial charge >= 0.3 is 5.51 Å². The first-order valence-corrected chi connectivity index (χ1v) is 7.61. The minimum atomic E-state index is -4.39. The number of rotatable bonds is 4.